The molecular weight excluding hydrogens is 342 g/mol. The monoisotopic (exact) mass is 361 g/mol. The number of anilines is 1. The standard InChI is InChI=1S/C21H19N3O3/c1-13-7-9-16(11-14(13)2)23-20(26)21(27)24-22-12-18-17-6-4-3-5-15(17)8-10-19(18)25/h3-12,25H,1-2H3,(H,23,26)(H,24,27)/b22-12-. The first-order valence-corrected chi connectivity index (χ1v) is 8.38. The van der Waals surface area contributed by atoms with Crippen molar-refractivity contribution in [2.75, 3.05) is 5.32 Å². The van der Waals surface area contributed by atoms with Crippen LogP contribution >= 0.6 is 0 Å². The molecule has 3 N–H and O–H groups in total. The minimum absolute atomic E-state index is 0.0336. The molecule has 0 aromatic heterocycles. The highest BCUT2D eigenvalue weighted by molar-refractivity contribution is 6.39. The number of hydrazone groups is 1. The van der Waals surface area contributed by atoms with Crippen molar-refractivity contribution in [2.45, 2.75) is 13.8 Å². The zero-order valence-corrected chi connectivity index (χ0v) is 15.0. The number of carbonyl (C=O) groups excluding carboxylic acids is 2. The van der Waals surface area contributed by atoms with Gasteiger partial charge in [0.2, 0.25) is 0 Å². The van der Waals surface area contributed by atoms with Gasteiger partial charge in [-0.3, -0.25) is 9.59 Å². The molecule has 27 heavy (non-hydrogen) atoms. The Labute approximate surface area is 156 Å². The lowest BCUT2D eigenvalue weighted by Crippen LogP contribution is -2.32. The van der Waals surface area contributed by atoms with Gasteiger partial charge in [-0.2, -0.15) is 5.10 Å². The number of nitrogens with zero attached hydrogens (tertiary/aromatic N) is 1. The van der Waals surface area contributed by atoms with Gasteiger partial charge in [0.05, 0.1) is 6.21 Å². The number of carbonyl (C=O) groups is 2. The maximum Gasteiger partial charge on any atom is 0.329 e. The van der Waals surface area contributed by atoms with E-state index in [4.69, 9.17) is 0 Å². The molecule has 0 heterocycles. The Balaban J connectivity index is 1.69. The smallest absolute Gasteiger partial charge is 0.329 e. The highest BCUT2D eigenvalue weighted by Crippen LogP contribution is 2.25. The summed E-state index contributed by atoms with van der Waals surface area (Å²) in [5.74, 6) is -1.69. The molecule has 3 rings (SSSR count). The summed E-state index contributed by atoms with van der Waals surface area (Å²) in [5.41, 5.74) is 5.28. The molecule has 136 valence electrons. The van der Waals surface area contributed by atoms with Gasteiger partial charge in [0.1, 0.15) is 5.75 Å². The maximum absolute atomic E-state index is 12.0. The first-order valence-electron chi connectivity index (χ1n) is 8.38. The number of rotatable bonds is 3. The van der Waals surface area contributed by atoms with E-state index in [1.807, 2.05) is 44.2 Å². The predicted molar refractivity (Wildman–Crippen MR) is 106 cm³/mol. The van der Waals surface area contributed by atoms with Crippen LogP contribution in [0.2, 0.25) is 0 Å². The number of hydrogen-bond acceptors (Lipinski definition) is 4. The highest BCUT2D eigenvalue weighted by Gasteiger charge is 2.13. The van der Waals surface area contributed by atoms with Gasteiger partial charge < -0.3 is 10.4 Å². The van der Waals surface area contributed by atoms with E-state index in [-0.39, 0.29) is 5.75 Å². The van der Waals surface area contributed by atoms with Gasteiger partial charge in [0.25, 0.3) is 0 Å². The molecule has 0 spiro atoms. The summed E-state index contributed by atoms with van der Waals surface area (Å²) >= 11 is 0. The first-order chi connectivity index (χ1) is 13.0. The van der Waals surface area contributed by atoms with Crippen LogP contribution in [-0.2, 0) is 9.59 Å². The van der Waals surface area contributed by atoms with Gasteiger partial charge in [-0.05, 0) is 53.9 Å². The van der Waals surface area contributed by atoms with Crippen LogP contribution in [-0.4, -0.2) is 23.1 Å². The average Bonchev–Trinajstić information content (AvgIpc) is 2.66. The summed E-state index contributed by atoms with van der Waals surface area (Å²) in [6.07, 6.45) is 1.32. The summed E-state index contributed by atoms with van der Waals surface area (Å²) in [6, 6.07) is 16.2. The molecule has 0 aliphatic heterocycles. The third kappa shape index (κ3) is 4.12. The molecule has 0 atom stereocenters. The quantitative estimate of drug-likeness (QED) is 0.380. The maximum atomic E-state index is 12.0. The fraction of sp³-hybridized carbons (Fsp3) is 0.0952. The van der Waals surface area contributed by atoms with Crippen molar-refractivity contribution in [1.29, 1.82) is 0 Å². The van der Waals surface area contributed by atoms with Gasteiger partial charge in [0, 0.05) is 11.3 Å². The Morgan fingerprint density at radius 1 is 0.963 bits per heavy atom. The Bertz CT molecular complexity index is 1060. The Hall–Kier alpha value is -3.67. The van der Waals surface area contributed by atoms with Crippen molar-refractivity contribution in [3.8, 4) is 5.75 Å². The average molecular weight is 361 g/mol. The lowest BCUT2D eigenvalue weighted by Gasteiger charge is -2.07. The third-order valence-corrected chi connectivity index (χ3v) is 4.28. The Kier molecular flexibility index (Phi) is 5.17. The molecule has 6 heteroatoms. The van der Waals surface area contributed by atoms with E-state index in [9.17, 15) is 14.7 Å². The second kappa shape index (κ2) is 7.70. The lowest BCUT2D eigenvalue weighted by molar-refractivity contribution is -0.136. The topological polar surface area (TPSA) is 90.8 Å². The Morgan fingerprint density at radius 3 is 2.52 bits per heavy atom. The number of hydrogen-bond donors (Lipinski definition) is 3. The third-order valence-electron chi connectivity index (χ3n) is 4.28. The van der Waals surface area contributed by atoms with Crippen molar-refractivity contribution >= 4 is 34.5 Å². The van der Waals surface area contributed by atoms with Crippen LogP contribution in [0.3, 0.4) is 0 Å². The van der Waals surface area contributed by atoms with Crippen molar-refractivity contribution in [1.82, 2.24) is 5.43 Å². The van der Waals surface area contributed by atoms with Crippen LogP contribution < -0.4 is 10.7 Å². The second-order valence-electron chi connectivity index (χ2n) is 6.17. The van der Waals surface area contributed by atoms with Crippen LogP contribution in [0.15, 0.2) is 59.7 Å². The van der Waals surface area contributed by atoms with E-state index >= 15 is 0 Å². The number of aromatic hydroxyl groups is 1. The van der Waals surface area contributed by atoms with Crippen LogP contribution in [0.5, 0.6) is 5.75 Å². The highest BCUT2D eigenvalue weighted by atomic mass is 16.3. The summed E-state index contributed by atoms with van der Waals surface area (Å²) < 4.78 is 0. The number of aryl methyl sites for hydroxylation is 2. The van der Waals surface area contributed by atoms with Crippen molar-refractivity contribution < 1.29 is 14.7 Å². The van der Waals surface area contributed by atoms with Crippen LogP contribution in [0.25, 0.3) is 10.8 Å². The normalized spacial score (nSPS) is 10.9. The zero-order chi connectivity index (χ0) is 19.4. The molecular formula is C21H19N3O3. The van der Waals surface area contributed by atoms with Gasteiger partial charge in [0.15, 0.2) is 0 Å². The molecule has 0 saturated heterocycles. The molecule has 0 saturated carbocycles. The van der Waals surface area contributed by atoms with Crippen LogP contribution in [0, 0.1) is 13.8 Å². The van der Waals surface area contributed by atoms with Gasteiger partial charge in [-0.1, -0.05) is 36.4 Å². The molecule has 0 radical (unpaired) electrons. The Morgan fingerprint density at radius 2 is 1.74 bits per heavy atom. The van der Waals surface area contributed by atoms with Crippen LogP contribution in [0.1, 0.15) is 16.7 Å². The molecule has 0 bridgehead atoms. The minimum Gasteiger partial charge on any atom is -0.507 e. The lowest BCUT2D eigenvalue weighted by atomic mass is 10.0. The molecule has 0 fully saturated rings. The molecule has 0 unspecified atom stereocenters. The van der Waals surface area contributed by atoms with Gasteiger partial charge >= 0.3 is 11.8 Å². The number of phenols is 1. The second-order valence-corrected chi connectivity index (χ2v) is 6.17. The summed E-state index contributed by atoms with van der Waals surface area (Å²) in [5, 5.41) is 18.1. The van der Waals surface area contributed by atoms with Gasteiger partial charge in [-0.15, -0.1) is 0 Å². The molecule has 2 amide bonds. The molecule has 0 aliphatic rings. The minimum atomic E-state index is -0.899. The summed E-state index contributed by atoms with van der Waals surface area (Å²) in [4.78, 5) is 23.9. The number of amides is 2. The van der Waals surface area contributed by atoms with E-state index in [0.29, 0.717) is 11.3 Å². The van der Waals surface area contributed by atoms with Crippen LogP contribution in [0.4, 0.5) is 5.69 Å². The van der Waals surface area contributed by atoms with Crippen molar-refractivity contribution in [2.24, 2.45) is 5.10 Å². The fourth-order valence-electron chi connectivity index (χ4n) is 2.63. The summed E-state index contributed by atoms with van der Waals surface area (Å²) in [6.45, 7) is 3.89. The largest absolute Gasteiger partial charge is 0.507 e. The molecule has 3 aromatic rings. The van der Waals surface area contributed by atoms with E-state index < -0.39 is 11.8 Å². The first kappa shape index (κ1) is 18.1. The number of phenolic OH excluding ortho intramolecular Hbond substituents is 1. The molecule has 6 nitrogen and oxygen atoms in total. The van der Waals surface area contributed by atoms with E-state index in [0.717, 1.165) is 21.9 Å². The number of nitrogens with one attached hydrogen (secondary N) is 2. The van der Waals surface area contributed by atoms with Crippen molar-refractivity contribution in [3.63, 3.8) is 0 Å². The SMILES string of the molecule is Cc1ccc(NC(=O)C(=O)N/N=C\c2c(O)ccc3ccccc23)cc1C. The van der Waals surface area contributed by atoms with E-state index in [2.05, 4.69) is 15.8 Å². The predicted octanol–water partition coefficient (Wildman–Crippen LogP) is 3.25. The molecule has 0 aliphatic carbocycles. The number of fused-ring (bicyclic) bond motifs is 1. The summed E-state index contributed by atoms with van der Waals surface area (Å²) in [7, 11) is 0. The fourth-order valence-corrected chi connectivity index (χ4v) is 2.63. The molecule has 3 aromatic carbocycles. The van der Waals surface area contributed by atoms with E-state index in [1.54, 1.807) is 24.3 Å². The van der Waals surface area contributed by atoms with Gasteiger partial charge in [-0.25, -0.2) is 5.43 Å². The van der Waals surface area contributed by atoms with E-state index in [1.165, 1.54) is 6.21 Å². The number of benzene rings is 3. The zero-order valence-electron chi connectivity index (χ0n) is 15.0. The van der Waals surface area contributed by atoms with Crippen molar-refractivity contribution in [3.05, 3.63) is 71.3 Å².